The van der Waals surface area contributed by atoms with E-state index in [-0.39, 0.29) is 19.2 Å². The number of aliphatic hydroxyl groups excluding tert-OH is 1. The Morgan fingerprint density at radius 2 is 2.10 bits per heavy atom. The predicted octanol–water partition coefficient (Wildman–Crippen LogP) is 1.13. The van der Waals surface area contributed by atoms with E-state index in [2.05, 4.69) is 10.1 Å². The van der Waals surface area contributed by atoms with Gasteiger partial charge in [-0.05, 0) is 12.0 Å². The highest BCUT2D eigenvalue weighted by Crippen LogP contribution is 2.30. The second-order valence-electron chi connectivity index (χ2n) is 4.91. The molecule has 2 atom stereocenters. The molecule has 2 unspecified atom stereocenters. The number of esters is 1. The minimum absolute atomic E-state index is 0.111. The predicted molar refractivity (Wildman–Crippen MR) is 68.5 cm³/mol. The molecule has 0 aromatic heterocycles. The zero-order chi connectivity index (χ0) is 14.6. The standard InChI is InChI=1S/C14H17F2NO3/c15-14(16)7-12(20-13(14)19)8-17-11(9-18)6-10-4-2-1-3-5-10/h1-5,11-12,17-18H,6-9H2. The quantitative estimate of drug-likeness (QED) is 0.769. The van der Waals surface area contributed by atoms with Gasteiger partial charge in [-0.2, -0.15) is 8.78 Å². The SMILES string of the molecule is O=C1OC(CNC(CO)Cc2ccccc2)CC1(F)F. The molecule has 0 aliphatic carbocycles. The zero-order valence-corrected chi connectivity index (χ0v) is 10.9. The average Bonchev–Trinajstić information content (AvgIpc) is 2.69. The van der Waals surface area contributed by atoms with Crippen molar-refractivity contribution in [1.82, 2.24) is 5.32 Å². The van der Waals surface area contributed by atoms with Crippen LogP contribution in [0.25, 0.3) is 0 Å². The van der Waals surface area contributed by atoms with Crippen LogP contribution in [0.2, 0.25) is 0 Å². The summed E-state index contributed by atoms with van der Waals surface area (Å²) in [6.07, 6.45) is -0.876. The van der Waals surface area contributed by atoms with E-state index in [1.165, 1.54) is 0 Å². The monoisotopic (exact) mass is 285 g/mol. The molecule has 1 saturated heterocycles. The number of rotatable bonds is 6. The van der Waals surface area contributed by atoms with E-state index < -0.39 is 24.4 Å². The van der Waals surface area contributed by atoms with Crippen molar-refractivity contribution in [1.29, 1.82) is 0 Å². The molecule has 20 heavy (non-hydrogen) atoms. The van der Waals surface area contributed by atoms with E-state index in [9.17, 15) is 18.7 Å². The highest BCUT2D eigenvalue weighted by Gasteiger charge is 2.50. The number of nitrogens with one attached hydrogen (secondary N) is 1. The number of benzene rings is 1. The molecule has 0 radical (unpaired) electrons. The van der Waals surface area contributed by atoms with E-state index in [4.69, 9.17) is 0 Å². The highest BCUT2D eigenvalue weighted by molar-refractivity contribution is 5.79. The molecular formula is C14H17F2NO3. The molecule has 2 rings (SSSR count). The van der Waals surface area contributed by atoms with Gasteiger partial charge in [0.1, 0.15) is 6.10 Å². The summed E-state index contributed by atoms with van der Waals surface area (Å²) in [5.41, 5.74) is 1.03. The number of aliphatic hydroxyl groups is 1. The van der Waals surface area contributed by atoms with E-state index >= 15 is 0 Å². The lowest BCUT2D eigenvalue weighted by Crippen LogP contribution is -2.39. The minimum atomic E-state index is -3.39. The van der Waals surface area contributed by atoms with Crippen molar-refractivity contribution >= 4 is 5.97 Å². The molecular weight excluding hydrogens is 268 g/mol. The van der Waals surface area contributed by atoms with Gasteiger partial charge >= 0.3 is 11.9 Å². The Kier molecular flexibility index (Phi) is 4.67. The average molecular weight is 285 g/mol. The fourth-order valence-corrected chi connectivity index (χ4v) is 2.16. The Morgan fingerprint density at radius 3 is 2.65 bits per heavy atom. The maximum atomic E-state index is 13.0. The molecule has 4 nitrogen and oxygen atoms in total. The van der Waals surface area contributed by atoms with Crippen LogP contribution in [-0.2, 0) is 16.0 Å². The number of carbonyl (C=O) groups excluding carboxylic acids is 1. The van der Waals surface area contributed by atoms with Crippen LogP contribution in [-0.4, -0.2) is 42.3 Å². The Hall–Kier alpha value is -1.53. The number of hydrogen-bond donors (Lipinski definition) is 2. The van der Waals surface area contributed by atoms with Crippen molar-refractivity contribution in [2.24, 2.45) is 0 Å². The van der Waals surface area contributed by atoms with Gasteiger partial charge in [-0.3, -0.25) is 0 Å². The molecule has 6 heteroatoms. The Morgan fingerprint density at radius 1 is 1.40 bits per heavy atom. The molecule has 0 amide bonds. The number of halogens is 2. The van der Waals surface area contributed by atoms with Crippen LogP contribution in [0.5, 0.6) is 0 Å². The fourth-order valence-electron chi connectivity index (χ4n) is 2.16. The lowest BCUT2D eigenvalue weighted by Gasteiger charge is -2.18. The van der Waals surface area contributed by atoms with Gasteiger partial charge in [0.05, 0.1) is 13.0 Å². The molecule has 2 N–H and O–H groups in total. The summed E-state index contributed by atoms with van der Waals surface area (Å²) in [6.45, 7) is -0.00859. The van der Waals surface area contributed by atoms with Gasteiger partial charge in [0, 0.05) is 12.6 Å². The summed E-state index contributed by atoms with van der Waals surface area (Å²) in [5, 5.41) is 12.3. The van der Waals surface area contributed by atoms with Crippen molar-refractivity contribution in [2.75, 3.05) is 13.2 Å². The molecule has 0 bridgehead atoms. The first kappa shape index (κ1) is 14.9. The van der Waals surface area contributed by atoms with Crippen molar-refractivity contribution in [3.8, 4) is 0 Å². The molecule has 1 heterocycles. The summed E-state index contributed by atoms with van der Waals surface area (Å²) < 4.78 is 30.6. The Labute approximate surface area is 115 Å². The molecule has 1 aromatic rings. The lowest BCUT2D eigenvalue weighted by atomic mass is 10.1. The Balaban J connectivity index is 1.82. The Bertz CT molecular complexity index is 453. The molecule has 110 valence electrons. The van der Waals surface area contributed by atoms with E-state index in [1.54, 1.807) is 0 Å². The molecule has 0 saturated carbocycles. The van der Waals surface area contributed by atoms with Crippen molar-refractivity contribution in [3.63, 3.8) is 0 Å². The molecule has 0 spiro atoms. The highest BCUT2D eigenvalue weighted by atomic mass is 19.3. The number of carbonyl (C=O) groups is 1. The van der Waals surface area contributed by atoms with Crippen LogP contribution >= 0.6 is 0 Å². The van der Waals surface area contributed by atoms with Crippen molar-refractivity contribution in [3.05, 3.63) is 35.9 Å². The summed E-state index contributed by atoms with van der Waals surface area (Å²) in [7, 11) is 0. The molecule has 1 fully saturated rings. The summed E-state index contributed by atoms with van der Waals surface area (Å²) in [6, 6.07) is 9.27. The van der Waals surface area contributed by atoms with Gasteiger partial charge in [0.25, 0.3) is 0 Å². The first-order chi connectivity index (χ1) is 9.51. The minimum Gasteiger partial charge on any atom is -0.456 e. The second-order valence-corrected chi connectivity index (χ2v) is 4.91. The van der Waals surface area contributed by atoms with E-state index in [0.717, 1.165) is 5.56 Å². The third-order valence-corrected chi connectivity index (χ3v) is 3.24. The van der Waals surface area contributed by atoms with Crippen LogP contribution in [0.15, 0.2) is 30.3 Å². The van der Waals surface area contributed by atoms with Crippen molar-refractivity contribution < 1.29 is 23.4 Å². The van der Waals surface area contributed by atoms with Gasteiger partial charge in [0.2, 0.25) is 0 Å². The van der Waals surface area contributed by atoms with Crippen LogP contribution in [0.4, 0.5) is 8.78 Å². The number of hydrogen-bond acceptors (Lipinski definition) is 4. The third-order valence-electron chi connectivity index (χ3n) is 3.24. The van der Waals surface area contributed by atoms with Gasteiger partial charge in [-0.1, -0.05) is 30.3 Å². The van der Waals surface area contributed by atoms with Crippen molar-refractivity contribution in [2.45, 2.75) is 30.9 Å². The van der Waals surface area contributed by atoms with Gasteiger partial charge in [-0.15, -0.1) is 0 Å². The summed E-state index contributed by atoms with van der Waals surface area (Å²) >= 11 is 0. The maximum Gasteiger partial charge on any atom is 0.377 e. The van der Waals surface area contributed by atoms with Crippen LogP contribution in [0.3, 0.4) is 0 Å². The second kappa shape index (κ2) is 6.28. The van der Waals surface area contributed by atoms with E-state index in [0.29, 0.717) is 6.42 Å². The van der Waals surface area contributed by atoms with Crippen LogP contribution < -0.4 is 5.32 Å². The number of ether oxygens (including phenoxy) is 1. The topological polar surface area (TPSA) is 58.6 Å². The summed E-state index contributed by atoms with van der Waals surface area (Å²) in [5.74, 6) is -4.85. The largest absolute Gasteiger partial charge is 0.456 e. The lowest BCUT2D eigenvalue weighted by molar-refractivity contribution is -0.159. The number of cyclic esters (lactones) is 1. The normalized spacial score (nSPS) is 22.6. The summed E-state index contributed by atoms with van der Waals surface area (Å²) in [4.78, 5) is 10.9. The molecule has 1 aliphatic rings. The first-order valence-electron chi connectivity index (χ1n) is 6.48. The molecule has 1 aliphatic heterocycles. The van der Waals surface area contributed by atoms with Gasteiger partial charge in [0.15, 0.2) is 0 Å². The maximum absolute atomic E-state index is 13.0. The van der Waals surface area contributed by atoms with Crippen LogP contribution in [0, 0.1) is 0 Å². The van der Waals surface area contributed by atoms with E-state index in [1.807, 2.05) is 30.3 Å². The van der Waals surface area contributed by atoms with Crippen LogP contribution in [0.1, 0.15) is 12.0 Å². The zero-order valence-electron chi connectivity index (χ0n) is 10.9. The third kappa shape index (κ3) is 3.74. The fraction of sp³-hybridized carbons (Fsp3) is 0.500. The molecule has 1 aromatic carbocycles. The number of alkyl halides is 2. The van der Waals surface area contributed by atoms with Gasteiger partial charge < -0.3 is 15.2 Å². The first-order valence-corrected chi connectivity index (χ1v) is 6.48. The smallest absolute Gasteiger partial charge is 0.377 e. The van der Waals surface area contributed by atoms with Gasteiger partial charge in [-0.25, -0.2) is 4.79 Å².